The largest absolute Gasteiger partial charge is 0.384 e. The van der Waals surface area contributed by atoms with E-state index in [4.69, 9.17) is 15.9 Å². The highest BCUT2D eigenvalue weighted by Crippen LogP contribution is 2.27. The van der Waals surface area contributed by atoms with Crippen LogP contribution in [0.15, 0.2) is 0 Å². The SMILES string of the molecule is CCC1COCCN1c1c(C(=N)N)c(C)nn1C. The van der Waals surface area contributed by atoms with Crippen LogP contribution in [0.25, 0.3) is 0 Å². The molecule has 1 aliphatic heterocycles. The molecule has 0 spiro atoms. The summed E-state index contributed by atoms with van der Waals surface area (Å²) in [6.07, 6.45) is 1.00. The van der Waals surface area contributed by atoms with Gasteiger partial charge in [0.05, 0.1) is 30.5 Å². The van der Waals surface area contributed by atoms with Gasteiger partial charge in [-0.2, -0.15) is 5.10 Å². The van der Waals surface area contributed by atoms with Crippen LogP contribution in [0.5, 0.6) is 0 Å². The second-order valence-electron chi connectivity index (χ2n) is 4.65. The van der Waals surface area contributed by atoms with Crippen molar-refractivity contribution in [1.82, 2.24) is 9.78 Å². The predicted molar refractivity (Wildman–Crippen MR) is 71.2 cm³/mol. The van der Waals surface area contributed by atoms with E-state index in [9.17, 15) is 0 Å². The summed E-state index contributed by atoms with van der Waals surface area (Å²) < 4.78 is 7.33. The molecule has 6 nitrogen and oxygen atoms in total. The van der Waals surface area contributed by atoms with Gasteiger partial charge >= 0.3 is 0 Å². The second kappa shape index (κ2) is 4.97. The molecule has 3 N–H and O–H groups in total. The average Bonchev–Trinajstić information content (AvgIpc) is 2.64. The number of rotatable bonds is 3. The fraction of sp³-hybridized carbons (Fsp3) is 0.667. The molecule has 1 aromatic rings. The van der Waals surface area contributed by atoms with Gasteiger partial charge in [0, 0.05) is 13.6 Å². The molecule has 1 unspecified atom stereocenters. The third-order valence-corrected chi connectivity index (χ3v) is 3.43. The van der Waals surface area contributed by atoms with Gasteiger partial charge in [0.25, 0.3) is 0 Å². The Labute approximate surface area is 107 Å². The first-order valence-electron chi connectivity index (χ1n) is 6.28. The lowest BCUT2D eigenvalue weighted by Gasteiger charge is -2.37. The molecule has 1 aromatic heterocycles. The smallest absolute Gasteiger partial charge is 0.138 e. The molecular weight excluding hydrogens is 230 g/mol. The number of nitrogens with two attached hydrogens (primary N) is 1. The maximum atomic E-state index is 7.74. The second-order valence-corrected chi connectivity index (χ2v) is 4.65. The number of aromatic nitrogens is 2. The van der Waals surface area contributed by atoms with Crippen molar-refractivity contribution in [2.24, 2.45) is 12.8 Å². The Balaban J connectivity index is 2.45. The minimum absolute atomic E-state index is 0.0805. The Hall–Kier alpha value is -1.56. The van der Waals surface area contributed by atoms with Gasteiger partial charge in [0.1, 0.15) is 11.7 Å². The molecule has 0 saturated carbocycles. The zero-order valence-electron chi connectivity index (χ0n) is 11.2. The molecule has 1 saturated heterocycles. The number of hydrogen-bond acceptors (Lipinski definition) is 4. The first-order valence-corrected chi connectivity index (χ1v) is 6.28. The Bertz CT molecular complexity index is 454. The fourth-order valence-electron chi connectivity index (χ4n) is 2.56. The van der Waals surface area contributed by atoms with Crippen molar-refractivity contribution in [3.8, 4) is 0 Å². The van der Waals surface area contributed by atoms with Crippen LogP contribution in [0.2, 0.25) is 0 Å². The van der Waals surface area contributed by atoms with Gasteiger partial charge in [-0.15, -0.1) is 0 Å². The van der Waals surface area contributed by atoms with E-state index in [1.807, 2.05) is 18.7 Å². The number of ether oxygens (including phenoxy) is 1. The first kappa shape index (κ1) is 12.9. The Morgan fingerprint density at radius 2 is 2.33 bits per heavy atom. The highest BCUT2D eigenvalue weighted by atomic mass is 16.5. The summed E-state index contributed by atoms with van der Waals surface area (Å²) >= 11 is 0. The minimum atomic E-state index is 0.0805. The Morgan fingerprint density at radius 1 is 1.61 bits per heavy atom. The van der Waals surface area contributed by atoms with Crippen molar-refractivity contribution in [3.05, 3.63) is 11.3 Å². The number of hydrogen-bond donors (Lipinski definition) is 2. The molecule has 1 atom stereocenters. The summed E-state index contributed by atoms with van der Waals surface area (Å²) in [5, 5.41) is 12.1. The molecule has 100 valence electrons. The van der Waals surface area contributed by atoms with E-state index in [0.29, 0.717) is 12.6 Å². The van der Waals surface area contributed by atoms with Crippen molar-refractivity contribution in [2.45, 2.75) is 26.3 Å². The summed E-state index contributed by atoms with van der Waals surface area (Å²) in [6, 6.07) is 0.326. The summed E-state index contributed by atoms with van der Waals surface area (Å²) in [7, 11) is 1.90. The number of amidine groups is 1. The van der Waals surface area contributed by atoms with E-state index < -0.39 is 0 Å². The number of morpholine rings is 1. The number of nitrogens with zero attached hydrogens (tertiary/aromatic N) is 3. The molecule has 0 bridgehead atoms. The van der Waals surface area contributed by atoms with Crippen LogP contribution in [-0.2, 0) is 11.8 Å². The molecule has 2 rings (SSSR count). The normalized spacial score (nSPS) is 20.2. The van der Waals surface area contributed by atoms with Crippen molar-refractivity contribution < 1.29 is 4.74 Å². The molecule has 0 radical (unpaired) electrons. The van der Waals surface area contributed by atoms with Crippen LogP contribution in [0.4, 0.5) is 5.82 Å². The van der Waals surface area contributed by atoms with Gasteiger partial charge in [-0.05, 0) is 13.3 Å². The predicted octanol–water partition coefficient (Wildman–Crippen LogP) is 0.628. The maximum Gasteiger partial charge on any atom is 0.138 e. The van der Waals surface area contributed by atoms with Gasteiger partial charge in [0.15, 0.2) is 0 Å². The highest BCUT2D eigenvalue weighted by molar-refractivity contribution is 6.01. The molecule has 2 heterocycles. The zero-order chi connectivity index (χ0) is 13.3. The van der Waals surface area contributed by atoms with Crippen LogP contribution in [0.3, 0.4) is 0 Å². The topological polar surface area (TPSA) is 80.2 Å². The molecule has 18 heavy (non-hydrogen) atoms. The summed E-state index contributed by atoms with van der Waals surface area (Å²) in [6.45, 7) is 6.28. The van der Waals surface area contributed by atoms with Crippen molar-refractivity contribution in [3.63, 3.8) is 0 Å². The first-order chi connectivity index (χ1) is 8.56. The van der Waals surface area contributed by atoms with Gasteiger partial charge in [0.2, 0.25) is 0 Å². The minimum Gasteiger partial charge on any atom is -0.384 e. The van der Waals surface area contributed by atoms with E-state index in [1.54, 1.807) is 0 Å². The zero-order valence-corrected chi connectivity index (χ0v) is 11.2. The highest BCUT2D eigenvalue weighted by Gasteiger charge is 2.28. The van der Waals surface area contributed by atoms with Crippen LogP contribution >= 0.6 is 0 Å². The summed E-state index contributed by atoms with van der Waals surface area (Å²) in [5.74, 6) is 1.02. The average molecular weight is 251 g/mol. The van der Waals surface area contributed by atoms with Crippen LogP contribution in [0.1, 0.15) is 24.6 Å². The summed E-state index contributed by atoms with van der Waals surface area (Å²) in [4.78, 5) is 2.26. The van der Waals surface area contributed by atoms with Crippen LogP contribution in [-0.4, -0.2) is 41.4 Å². The van der Waals surface area contributed by atoms with E-state index in [2.05, 4.69) is 16.9 Å². The van der Waals surface area contributed by atoms with Crippen molar-refractivity contribution in [1.29, 1.82) is 5.41 Å². The molecule has 0 aromatic carbocycles. The van der Waals surface area contributed by atoms with E-state index in [-0.39, 0.29) is 5.84 Å². The van der Waals surface area contributed by atoms with Gasteiger partial charge in [-0.3, -0.25) is 10.1 Å². The Morgan fingerprint density at radius 3 is 2.94 bits per heavy atom. The Kier molecular flexibility index (Phi) is 3.56. The lowest BCUT2D eigenvalue weighted by molar-refractivity contribution is 0.0921. The van der Waals surface area contributed by atoms with E-state index >= 15 is 0 Å². The molecule has 1 fully saturated rings. The molecule has 0 amide bonds. The van der Waals surface area contributed by atoms with E-state index in [0.717, 1.165) is 36.6 Å². The van der Waals surface area contributed by atoms with Gasteiger partial charge < -0.3 is 15.4 Å². The summed E-state index contributed by atoms with van der Waals surface area (Å²) in [5.41, 5.74) is 7.25. The third-order valence-electron chi connectivity index (χ3n) is 3.43. The molecular formula is C12H21N5O. The molecule has 0 aliphatic carbocycles. The third kappa shape index (κ3) is 2.08. The number of nitrogen functional groups attached to an aromatic ring is 1. The maximum absolute atomic E-state index is 7.74. The van der Waals surface area contributed by atoms with Crippen LogP contribution < -0.4 is 10.6 Å². The molecule has 1 aliphatic rings. The van der Waals surface area contributed by atoms with Crippen molar-refractivity contribution in [2.75, 3.05) is 24.7 Å². The fourth-order valence-corrected chi connectivity index (χ4v) is 2.56. The standard InChI is InChI=1S/C12H21N5O/c1-4-9-7-18-6-5-17(9)12-10(11(13)14)8(2)15-16(12)3/h9H,4-7H2,1-3H3,(H3,13,14). The molecule has 6 heteroatoms. The van der Waals surface area contributed by atoms with Crippen molar-refractivity contribution >= 4 is 11.7 Å². The number of anilines is 1. The lowest BCUT2D eigenvalue weighted by atomic mass is 10.1. The quantitative estimate of drug-likeness (QED) is 0.610. The van der Waals surface area contributed by atoms with E-state index in [1.165, 1.54) is 0 Å². The van der Waals surface area contributed by atoms with Gasteiger partial charge in [-0.1, -0.05) is 6.92 Å². The van der Waals surface area contributed by atoms with Crippen LogP contribution in [0, 0.1) is 12.3 Å². The van der Waals surface area contributed by atoms with Gasteiger partial charge in [-0.25, -0.2) is 0 Å². The number of nitrogens with one attached hydrogen (secondary N) is 1. The monoisotopic (exact) mass is 251 g/mol. The lowest BCUT2D eigenvalue weighted by Crippen LogP contribution is -2.46. The number of aryl methyl sites for hydroxylation is 2.